The molecule has 36 heavy (non-hydrogen) atoms. The van der Waals surface area contributed by atoms with Gasteiger partial charge < -0.3 is 13.9 Å². The largest absolute Gasteiger partial charge is 0.493 e. The molecule has 0 saturated heterocycles. The summed E-state index contributed by atoms with van der Waals surface area (Å²) < 4.78 is 17.4. The van der Waals surface area contributed by atoms with E-state index in [1.807, 2.05) is 45.9 Å². The summed E-state index contributed by atoms with van der Waals surface area (Å²) in [5.41, 5.74) is 3.94. The van der Waals surface area contributed by atoms with E-state index in [2.05, 4.69) is 11.6 Å². The monoisotopic (exact) mass is 502 g/mol. The van der Waals surface area contributed by atoms with Crippen LogP contribution in [0.3, 0.4) is 0 Å². The number of nitrogens with zero attached hydrogens (tertiary/aromatic N) is 2. The number of thiazole rings is 1. The van der Waals surface area contributed by atoms with Crippen LogP contribution in [0.2, 0.25) is 0 Å². The number of fused-ring (bicyclic) bond motifs is 2. The van der Waals surface area contributed by atoms with Gasteiger partial charge >= 0.3 is 0 Å². The van der Waals surface area contributed by atoms with Crippen LogP contribution < -0.4 is 19.8 Å². The molecular weight excluding hydrogens is 476 g/mol. The third-order valence-corrected chi connectivity index (χ3v) is 7.64. The van der Waals surface area contributed by atoms with Gasteiger partial charge in [-0.25, -0.2) is 4.98 Å². The van der Waals surface area contributed by atoms with Crippen LogP contribution in [0.5, 0.6) is 11.5 Å². The van der Waals surface area contributed by atoms with Crippen molar-refractivity contribution in [2.75, 3.05) is 18.6 Å². The smallest absolute Gasteiger partial charge is 0.297 e. The number of hydrogen-bond donors (Lipinski definition) is 0. The van der Waals surface area contributed by atoms with Crippen LogP contribution in [-0.4, -0.2) is 24.6 Å². The molecule has 1 aliphatic heterocycles. The minimum Gasteiger partial charge on any atom is -0.493 e. The highest BCUT2D eigenvalue weighted by molar-refractivity contribution is 7.15. The van der Waals surface area contributed by atoms with Crippen molar-refractivity contribution in [1.29, 1.82) is 0 Å². The number of ether oxygens (including phenoxy) is 2. The predicted molar refractivity (Wildman–Crippen MR) is 141 cm³/mol. The first kappa shape index (κ1) is 23.8. The maximum atomic E-state index is 13.9. The lowest BCUT2D eigenvalue weighted by molar-refractivity contribution is 0.0971. The van der Waals surface area contributed by atoms with Crippen molar-refractivity contribution in [1.82, 2.24) is 4.98 Å². The molecule has 184 valence electrons. The Kier molecular flexibility index (Phi) is 5.92. The molecular formula is C28H26N2O5S. The molecule has 0 bridgehead atoms. The van der Waals surface area contributed by atoms with E-state index in [1.165, 1.54) is 11.3 Å². The number of rotatable bonds is 6. The molecule has 8 heteroatoms. The van der Waals surface area contributed by atoms with Crippen molar-refractivity contribution in [3.63, 3.8) is 0 Å². The molecule has 0 saturated carbocycles. The van der Waals surface area contributed by atoms with E-state index in [4.69, 9.17) is 13.9 Å². The number of aryl methyl sites for hydroxylation is 4. The van der Waals surface area contributed by atoms with Crippen molar-refractivity contribution in [2.45, 2.75) is 33.7 Å². The normalized spacial score (nSPS) is 14.9. The van der Waals surface area contributed by atoms with Crippen LogP contribution >= 0.6 is 11.3 Å². The summed E-state index contributed by atoms with van der Waals surface area (Å²) in [7, 11) is 1.55. The standard InChI is InChI=1S/C28H26N2O5S/c1-7-10-34-20-9-8-18(13-22(20)33-6)24-23-25(31)19-11-14(2)15(3)12-21(19)35-26(23)27(32)30(24)28-29-16(4)17(5)36-28/h7-9,11-13,24H,1,10H2,2-6H3. The molecule has 0 spiro atoms. The van der Waals surface area contributed by atoms with Gasteiger partial charge in [0.15, 0.2) is 22.1 Å². The van der Waals surface area contributed by atoms with Crippen molar-refractivity contribution in [2.24, 2.45) is 0 Å². The molecule has 3 heterocycles. The lowest BCUT2D eigenvalue weighted by atomic mass is 9.97. The molecule has 2 aromatic carbocycles. The summed E-state index contributed by atoms with van der Waals surface area (Å²) in [5.74, 6) is 0.664. The first-order valence-corrected chi connectivity index (χ1v) is 12.3. The fraction of sp³-hybridized carbons (Fsp3) is 0.250. The van der Waals surface area contributed by atoms with Gasteiger partial charge in [0, 0.05) is 4.88 Å². The average Bonchev–Trinajstić information content (AvgIpc) is 3.34. The van der Waals surface area contributed by atoms with Crippen molar-refractivity contribution >= 4 is 33.3 Å². The van der Waals surface area contributed by atoms with Crippen molar-refractivity contribution in [3.8, 4) is 11.5 Å². The van der Waals surface area contributed by atoms with E-state index in [0.29, 0.717) is 45.3 Å². The first-order chi connectivity index (χ1) is 17.2. The van der Waals surface area contributed by atoms with Gasteiger partial charge in [-0.1, -0.05) is 18.7 Å². The summed E-state index contributed by atoms with van der Waals surface area (Å²) in [4.78, 5) is 34.9. The Hall–Kier alpha value is -3.91. The highest BCUT2D eigenvalue weighted by atomic mass is 32.1. The van der Waals surface area contributed by atoms with Crippen LogP contribution in [0, 0.1) is 27.7 Å². The number of hydrogen-bond acceptors (Lipinski definition) is 7. The average molecular weight is 503 g/mol. The lowest BCUT2D eigenvalue weighted by Gasteiger charge is -2.23. The highest BCUT2D eigenvalue weighted by Crippen LogP contribution is 2.44. The van der Waals surface area contributed by atoms with Gasteiger partial charge in [-0.05, 0) is 68.7 Å². The number of benzene rings is 2. The molecule has 1 aliphatic rings. The van der Waals surface area contributed by atoms with Crippen LogP contribution in [0.4, 0.5) is 5.13 Å². The molecule has 0 fully saturated rings. The van der Waals surface area contributed by atoms with Crippen LogP contribution in [0.1, 0.15) is 49.4 Å². The molecule has 7 nitrogen and oxygen atoms in total. The van der Waals surface area contributed by atoms with Crippen LogP contribution in [0.15, 0.2) is 52.2 Å². The van der Waals surface area contributed by atoms with E-state index < -0.39 is 11.9 Å². The fourth-order valence-electron chi connectivity index (χ4n) is 4.42. The maximum Gasteiger partial charge on any atom is 0.297 e. The maximum absolute atomic E-state index is 13.9. The second kappa shape index (κ2) is 8.95. The zero-order valence-electron chi connectivity index (χ0n) is 20.8. The third-order valence-electron chi connectivity index (χ3n) is 6.57. The Labute approximate surface area is 212 Å². The van der Waals surface area contributed by atoms with Gasteiger partial charge in [0.05, 0.1) is 29.8 Å². The SMILES string of the molecule is C=CCOc1ccc(C2c3c(oc4cc(C)c(C)cc4c3=O)C(=O)N2c2nc(C)c(C)s2)cc1OC. The van der Waals surface area contributed by atoms with Crippen LogP contribution in [-0.2, 0) is 0 Å². The predicted octanol–water partition coefficient (Wildman–Crippen LogP) is 5.81. The zero-order valence-corrected chi connectivity index (χ0v) is 21.6. The molecule has 1 amide bonds. The highest BCUT2D eigenvalue weighted by Gasteiger charge is 2.45. The third kappa shape index (κ3) is 3.69. The van der Waals surface area contributed by atoms with E-state index in [9.17, 15) is 9.59 Å². The lowest BCUT2D eigenvalue weighted by Crippen LogP contribution is -2.29. The fourth-order valence-corrected chi connectivity index (χ4v) is 5.36. The van der Waals surface area contributed by atoms with Gasteiger partial charge in [-0.3, -0.25) is 14.5 Å². The number of carbonyl (C=O) groups excluding carboxylic acids is 1. The first-order valence-electron chi connectivity index (χ1n) is 11.5. The van der Waals surface area contributed by atoms with E-state index >= 15 is 0 Å². The van der Waals surface area contributed by atoms with E-state index in [1.54, 1.807) is 30.2 Å². The summed E-state index contributed by atoms with van der Waals surface area (Å²) in [6.07, 6.45) is 1.65. The number of methoxy groups -OCH3 is 1. The second-order valence-electron chi connectivity index (χ2n) is 8.83. The number of carbonyl (C=O) groups is 1. The molecule has 5 rings (SSSR count). The molecule has 1 atom stereocenters. The second-order valence-corrected chi connectivity index (χ2v) is 10.0. The summed E-state index contributed by atoms with van der Waals surface area (Å²) in [6, 6.07) is 8.29. The topological polar surface area (TPSA) is 81.9 Å². The van der Waals surface area contributed by atoms with Gasteiger partial charge in [0.25, 0.3) is 5.91 Å². The van der Waals surface area contributed by atoms with Gasteiger partial charge in [-0.15, -0.1) is 11.3 Å². The molecule has 0 N–H and O–H groups in total. The molecule has 2 aromatic heterocycles. The minimum atomic E-state index is -0.734. The number of aromatic nitrogens is 1. The molecule has 4 aromatic rings. The Morgan fingerprint density at radius 1 is 1.11 bits per heavy atom. The summed E-state index contributed by atoms with van der Waals surface area (Å²) in [5, 5.41) is 0.953. The van der Waals surface area contributed by atoms with Crippen molar-refractivity contribution < 1.29 is 18.7 Å². The zero-order chi connectivity index (χ0) is 25.7. The quantitative estimate of drug-likeness (QED) is 0.310. The Morgan fingerprint density at radius 3 is 2.53 bits per heavy atom. The van der Waals surface area contributed by atoms with Gasteiger partial charge in [-0.2, -0.15) is 0 Å². The number of anilines is 1. The van der Waals surface area contributed by atoms with Crippen molar-refractivity contribution in [3.05, 3.63) is 91.8 Å². The number of amides is 1. The Morgan fingerprint density at radius 2 is 1.86 bits per heavy atom. The molecule has 0 radical (unpaired) electrons. The molecule has 1 unspecified atom stereocenters. The Bertz CT molecular complexity index is 1580. The summed E-state index contributed by atoms with van der Waals surface area (Å²) in [6.45, 7) is 11.8. The van der Waals surface area contributed by atoms with E-state index in [-0.39, 0.29) is 11.2 Å². The van der Waals surface area contributed by atoms with Gasteiger partial charge in [0.2, 0.25) is 5.76 Å². The minimum absolute atomic E-state index is 0.0391. The summed E-state index contributed by atoms with van der Waals surface area (Å²) >= 11 is 1.41. The molecule has 0 aliphatic carbocycles. The van der Waals surface area contributed by atoms with Crippen LogP contribution in [0.25, 0.3) is 11.0 Å². The Balaban J connectivity index is 1.78. The van der Waals surface area contributed by atoms with E-state index in [0.717, 1.165) is 21.7 Å². The van der Waals surface area contributed by atoms with Gasteiger partial charge in [0.1, 0.15) is 12.2 Å².